The van der Waals surface area contributed by atoms with E-state index < -0.39 is 0 Å². The quantitative estimate of drug-likeness (QED) is 0.702. The molecule has 0 radical (unpaired) electrons. The van der Waals surface area contributed by atoms with Crippen LogP contribution in [0.5, 0.6) is 11.5 Å². The number of hydrogen-bond acceptors (Lipinski definition) is 2. The van der Waals surface area contributed by atoms with Gasteiger partial charge in [-0.25, -0.2) is 4.98 Å². The number of aromatic amines is 1. The van der Waals surface area contributed by atoms with Crippen LogP contribution in [0.4, 0.5) is 0 Å². The first-order valence-corrected chi connectivity index (χ1v) is 8.16. The van der Waals surface area contributed by atoms with E-state index in [9.17, 15) is 0 Å². The van der Waals surface area contributed by atoms with E-state index in [2.05, 4.69) is 35.9 Å². The fourth-order valence-electron chi connectivity index (χ4n) is 2.93. The minimum Gasteiger partial charge on any atom is -0.457 e. The van der Waals surface area contributed by atoms with Gasteiger partial charge in [0, 0.05) is 18.8 Å². The molecule has 23 heavy (non-hydrogen) atoms. The third-order valence-electron chi connectivity index (χ3n) is 4.09. The number of imidazole rings is 1. The number of rotatable bonds is 6. The summed E-state index contributed by atoms with van der Waals surface area (Å²) >= 11 is 0. The highest BCUT2D eigenvalue weighted by atomic mass is 16.5. The summed E-state index contributed by atoms with van der Waals surface area (Å²) in [5.74, 6) is 2.80. The van der Waals surface area contributed by atoms with Gasteiger partial charge in [0.05, 0.1) is 0 Å². The molecule has 0 aliphatic rings. The Kier molecular flexibility index (Phi) is 4.77. The van der Waals surface area contributed by atoms with E-state index in [1.165, 1.54) is 16.7 Å². The maximum Gasteiger partial charge on any atom is 0.130 e. The summed E-state index contributed by atoms with van der Waals surface area (Å²) < 4.78 is 6.13. The zero-order valence-corrected chi connectivity index (χ0v) is 13.7. The molecule has 0 unspecified atom stereocenters. The number of ether oxygens (including phenoxy) is 1. The molecule has 0 amide bonds. The van der Waals surface area contributed by atoms with Crippen molar-refractivity contribution in [3.63, 3.8) is 0 Å². The molecule has 0 aliphatic carbocycles. The number of benzene rings is 2. The number of aromatic nitrogens is 2. The number of nitrogens with zero attached hydrogens (tertiary/aromatic N) is 1. The minimum atomic E-state index is 0.811. The van der Waals surface area contributed by atoms with Crippen LogP contribution in [0, 0.1) is 0 Å². The first kappa shape index (κ1) is 15.3. The summed E-state index contributed by atoms with van der Waals surface area (Å²) in [6, 6.07) is 14.2. The van der Waals surface area contributed by atoms with E-state index in [1.54, 1.807) is 6.20 Å². The minimum absolute atomic E-state index is 0.811. The Bertz CT molecular complexity index is 749. The van der Waals surface area contributed by atoms with Crippen molar-refractivity contribution in [3.8, 4) is 11.5 Å². The smallest absolute Gasteiger partial charge is 0.130 e. The molecule has 0 spiro atoms. The summed E-state index contributed by atoms with van der Waals surface area (Å²) in [4.78, 5) is 7.59. The second kappa shape index (κ2) is 7.14. The summed E-state index contributed by atoms with van der Waals surface area (Å²) in [6.45, 7) is 4.37. The van der Waals surface area contributed by atoms with Crippen LogP contribution in [0.3, 0.4) is 0 Å². The normalized spacial score (nSPS) is 10.7. The predicted octanol–water partition coefficient (Wildman–Crippen LogP) is 4.92. The highest BCUT2D eigenvalue weighted by Crippen LogP contribution is 2.31. The van der Waals surface area contributed by atoms with Crippen LogP contribution in [-0.2, 0) is 19.3 Å². The number of nitrogens with one attached hydrogen (secondary N) is 1. The summed E-state index contributed by atoms with van der Waals surface area (Å²) in [7, 11) is 0. The molecule has 3 heteroatoms. The third-order valence-corrected chi connectivity index (χ3v) is 4.09. The molecule has 3 aromatic rings. The molecule has 3 rings (SSSR count). The lowest BCUT2D eigenvalue weighted by atomic mass is 9.94. The van der Waals surface area contributed by atoms with E-state index in [0.29, 0.717) is 0 Å². The Labute approximate surface area is 137 Å². The molecule has 0 atom stereocenters. The highest BCUT2D eigenvalue weighted by Gasteiger charge is 2.14. The number of aryl methyl sites for hydroxylation is 1. The maximum atomic E-state index is 6.13. The van der Waals surface area contributed by atoms with Gasteiger partial charge in [0.25, 0.3) is 0 Å². The molecule has 1 aromatic heterocycles. The van der Waals surface area contributed by atoms with Crippen molar-refractivity contribution in [1.29, 1.82) is 0 Å². The van der Waals surface area contributed by atoms with Crippen molar-refractivity contribution in [2.45, 2.75) is 33.1 Å². The van der Waals surface area contributed by atoms with Gasteiger partial charge in [-0.15, -0.1) is 0 Å². The van der Waals surface area contributed by atoms with Gasteiger partial charge in [-0.2, -0.15) is 0 Å². The SMILES string of the molecule is CCc1ccc(Oc2ccccc2)c(CC)c1Cc1ncc[nH]1. The van der Waals surface area contributed by atoms with Crippen LogP contribution in [0.1, 0.15) is 36.4 Å². The van der Waals surface area contributed by atoms with Gasteiger partial charge in [0.2, 0.25) is 0 Å². The van der Waals surface area contributed by atoms with Crippen molar-refractivity contribution in [2.75, 3.05) is 0 Å². The molecule has 0 bridgehead atoms. The van der Waals surface area contributed by atoms with Gasteiger partial charge in [0.1, 0.15) is 17.3 Å². The second-order valence-electron chi connectivity index (χ2n) is 5.51. The van der Waals surface area contributed by atoms with Crippen LogP contribution >= 0.6 is 0 Å². The Morgan fingerprint density at radius 1 is 0.957 bits per heavy atom. The van der Waals surface area contributed by atoms with Gasteiger partial charge in [-0.3, -0.25) is 0 Å². The lowest BCUT2D eigenvalue weighted by Gasteiger charge is -2.17. The summed E-state index contributed by atoms with van der Waals surface area (Å²) in [6.07, 6.45) is 6.43. The van der Waals surface area contributed by atoms with Crippen LogP contribution in [-0.4, -0.2) is 9.97 Å². The summed E-state index contributed by atoms with van der Waals surface area (Å²) in [5.41, 5.74) is 3.96. The van der Waals surface area contributed by atoms with Crippen molar-refractivity contribution < 1.29 is 4.74 Å². The molecule has 2 aromatic carbocycles. The lowest BCUT2D eigenvalue weighted by Crippen LogP contribution is -2.04. The van der Waals surface area contributed by atoms with Crippen LogP contribution < -0.4 is 4.74 Å². The first-order chi connectivity index (χ1) is 11.3. The molecule has 1 heterocycles. The van der Waals surface area contributed by atoms with Crippen molar-refractivity contribution in [3.05, 3.63) is 77.4 Å². The summed E-state index contributed by atoms with van der Waals surface area (Å²) in [5, 5.41) is 0. The Morgan fingerprint density at radius 3 is 2.43 bits per heavy atom. The number of H-pyrrole nitrogens is 1. The molecule has 0 aliphatic heterocycles. The van der Waals surface area contributed by atoms with Crippen molar-refractivity contribution >= 4 is 0 Å². The lowest BCUT2D eigenvalue weighted by molar-refractivity contribution is 0.475. The standard InChI is InChI=1S/C20H22N2O/c1-3-15-10-11-19(23-16-8-6-5-7-9-16)17(4-2)18(15)14-20-21-12-13-22-20/h5-13H,3-4,14H2,1-2H3,(H,21,22). The zero-order valence-electron chi connectivity index (χ0n) is 13.7. The molecule has 118 valence electrons. The Hall–Kier alpha value is -2.55. The Balaban J connectivity index is 2.00. The molecule has 0 saturated carbocycles. The van der Waals surface area contributed by atoms with Gasteiger partial charge < -0.3 is 9.72 Å². The third kappa shape index (κ3) is 3.45. The fourth-order valence-corrected chi connectivity index (χ4v) is 2.93. The highest BCUT2D eigenvalue weighted by molar-refractivity contribution is 5.48. The van der Waals surface area contributed by atoms with Crippen LogP contribution in [0.2, 0.25) is 0 Å². The molecule has 0 saturated heterocycles. The van der Waals surface area contributed by atoms with E-state index in [0.717, 1.165) is 36.6 Å². The molecule has 1 N–H and O–H groups in total. The zero-order chi connectivity index (χ0) is 16.1. The second-order valence-corrected chi connectivity index (χ2v) is 5.51. The van der Waals surface area contributed by atoms with Gasteiger partial charge >= 0.3 is 0 Å². The maximum absolute atomic E-state index is 6.13. The largest absolute Gasteiger partial charge is 0.457 e. The van der Waals surface area contributed by atoms with Gasteiger partial charge in [-0.05, 0) is 47.7 Å². The van der Waals surface area contributed by atoms with Crippen LogP contribution in [0.25, 0.3) is 0 Å². The van der Waals surface area contributed by atoms with Gasteiger partial charge in [-0.1, -0.05) is 38.1 Å². The van der Waals surface area contributed by atoms with Crippen molar-refractivity contribution in [2.24, 2.45) is 0 Å². The number of para-hydroxylation sites is 1. The molecule has 0 fully saturated rings. The Morgan fingerprint density at radius 2 is 1.78 bits per heavy atom. The molecular weight excluding hydrogens is 284 g/mol. The average molecular weight is 306 g/mol. The molecular formula is C20H22N2O. The molecule has 3 nitrogen and oxygen atoms in total. The number of hydrogen-bond donors (Lipinski definition) is 1. The van der Waals surface area contributed by atoms with E-state index in [-0.39, 0.29) is 0 Å². The monoisotopic (exact) mass is 306 g/mol. The predicted molar refractivity (Wildman–Crippen MR) is 93.1 cm³/mol. The van der Waals surface area contributed by atoms with Gasteiger partial charge in [0.15, 0.2) is 0 Å². The van der Waals surface area contributed by atoms with Crippen molar-refractivity contribution in [1.82, 2.24) is 9.97 Å². The first-order valence-electron chi connectivity index (χ1n) is 8.16. The topological polar surface area (TPSA) is 37.9 Å². The van der Waals surface area contributed by atoms with Crippen LogP contribution in [0.15, 0.2) is 54.9 Å². The van der Waals surface area contributed by atoms with E-state index in [4.69, 9.17) is 4.74 Å². The van der Waals surface area contributed by atoms with E-state index >= 15 is 0 Å². The fraction of sp³-hybridized carbons (Fsp3) is 0.250. The van der Waals surface area contributed by atoms with E-state index in [1.807, 2.05) is 36.5 Å². The average Bonchev–Trinajstić information content (AvgIpc) is 3.09.